The monoisotopic (exact) mass is 484 g/mol. The summed E-state index contributed by atoms with van der Waals surface area (Å²) in [6.07, 6.45) is 0. The molecule has 0 aliphatic rings. The highest BCUT2D eigenvalue weighted by molar-refractivity contribution is 7.89. The van der Waals surface area contributed by atoms with Crippen LogP contribution in [0.3, 0.4) is 0 Å². The summed E-state index contributed by atoms with van der Waals surface area (Å²) in [5.41, 5.74) is 1.34. The molecule has 3 aromatic rings. The van der Waals surface area contributed by atoms with Crippen LogP contribution in [0, 0.1) is 0 Å². The fraction of sp³-hybridized carbons (Fsp3) is 0.240. The number of ether oxygens (including phenoxy) is 3. The van der Waals surface area contributed by atoms with Crippen LogP contribution >= 0.6 is 0 Å². The average molecular weight is 485 g/mol. The van der Waals surface area contributed by atoms with Gasteiger partial charge in [0.05, 0.1) is 32.8 Å². The third-order valence-electron chi connectivity index (χ3n) is 5.32. The number of hydrogen-bond acceptors (Lipinski definition) is 6. The van der Waals surface area contributed by atoms with Crippen molar-refractivity contribution in [2.45, 2.75) is 11.4 Å². The summed E-state index contributed by atoms with van der Waals surface area (Å²) < 4.78 is 44.2. The predicted molar refractivity (Wildman–Crippen MR) is 130 cm³/mol. The Balaban J connectivity index is 1.95. The van der Waals surface area contributed by atoms with Crippen LogP contribution in [0.1, 0.15) is 5.56 Å². The van der Waals surface area contributed by atoms with Crippen molar-refractivity contribution in [1.82, 2.24) is 4.31 Å². The molecule has 3 aromatic carbocycles. The first-order valence-electron chi connectivity index (χ1n) is 10.5. The number of amides is 1. The maximum absolute atomic E-state index is 13.6. The predicted octanol–water partition coefficient (Wildman–Crippen LogP) is 3.57. The van der Waals surface area contributed by atoms with Crippen molar-refractivity contribution in [3.05, 3.63) is 78.4 Å². The van der Waals surface area contributed by atoms with Gasteiger partial charge in [0.25, 0.3) is 0 Å². The van der Waals surface area contributed by atoms with E-state index in [1.54, 1.807) is 31.3 Å². The van der Waals surface area contributed by atoms with Gasteiger partial charge in [0.1, 0.15) is 5.75 Å². The molecule has 0 atom stereocenters. The maximum Gasteiger partial charge on any atom is 0.243 e. The molecule has 0 bridgehead atoms. The van der Waals surface area contributed by atoms with Crippen molar-refractivity contribution in [2.75, 3.05) is 39.8 Å². The lowest BCUT2D eigenvalue weighted by molar-refractivity contribution is -0.118. The number of carbonyl (C=O) groups is 1. The Bertz CT molecular complexity index is 1230. The third-order valence-corrected chi connectivity index (χ3v) is 7.11. The topological polar surface area (TPSA) is 85.4 Å². The van der Waals surface area contributed by atoms with Crippen LogP contribution < -0.4 is 19.1 Å². The van der Waals surface area contributed by atoms with Gasteiger partial charge in [-0.05, 0) is 29.8 Å². The lowest BCUT2D eigenvalue weighted by Crippen LogP contribution is -2.41. The number of rotatable bonds is 10. The fourth-order valence-corrected chi connectivity index (χ4v) is 4.75. The van der Waals surface area contributed by atoms with Gasteiger partial charge in [-0.1, -0.05) is 36.4 Å². The molecule has 9 heteroatoms. The number of anilines is 1. The van der Waals surface area contributed by atoms with Gasteiger partial charge in [0.2, 0.25) is 15.9 Å². The normalized spacial score (nSPS) is 11.2. The van der Waals surface area contributed by atoms with E-state index in [2.05, 4.69) is 0 Å². The zero-order chi connectivity index (χ0) is 24.7. The lowest BCUT2D eigenvalue weighted by Gasteiger charge is -2.25. The van der Waals surface area contributed by atoms with Crippen LogP contribution in [-0.2, 0) is 21.4 Å². The van der Waals surface area contributed by atoms with Crippen LogP contribution in [0.15, 0.2) is 77.7 Å². The van der Waals surface area contributed by atoms with Gasteiger partial charge >= 0.3 is 0 Å². The van der Waals surface area contributed by atoms with Crippen molar-refractivity contribution in [1.29, 1.82) is 0 Å². The van der Waals surface area contributed by atoms with Crippen LogP contribution in [0.5, 0.6) is 17.2 Å². The van der Waals surface area contributed by atoms with Crippen LogP contribution in [-0.4, -0.2) is 53.6 Å². The molecule has 0 aliphatic heterocycles. The Labute approximate surface area is 200 Å². The van der Waals surface area contributed by atoms with E-state index >= 15 is 0 Å². The smallest absolute Gasteiger partial charge is 0.243 e. The summed E-state index contributed by atoms with van der Waals surface area (Å²) in [5, 5.41) is 0. The molecule has 0 aromatic heterocycles. The van der Waals surface area contributed by atoms with Gasteiger partial charge in [-0.3, -0.25) is 4.79 Å². The quantitative estimate of drug-likeness (QED) is 0.437. The Morgan fingerprint density at radius 3 is 2.18 bits per heavy atom. The van der Waals surface area contributed by atoms with Crippen molar-refractivity contribution >= 4 is 21.6 Å². The highest BCUT2D eigenvalue weighted by atomic mass is 32.2. The average Bonchev–Trinajstić information content (AvgIpc) is 2.87. The molecule has 0 N–H and O–H groups in total. The van der Waals surface area contributed by atoms with E-state index in [4.69, 9.17) is 14.2 Å². The van der Waals surface area contributed by atoms with Crippen molar-refractivity contribution in [3.63, 3.8) is 0 Å². The highest BCUT2D eigenvalue weighted by Crippen LogP contribution is 2.31. The number of hydrogen-bond donors (Lipinski definition) is 0. The molecule has 0 spiro atoms. The van der Waals surface area contributed by atoms with Gasteiger partial charge in [-0.15, -0.1) is 0 Å². The number of nitrogens with zero attached hydrogens (tertiary/aromatic N) is 2. The molecule has 0 heterocycles. The first-order valence-corrected chi connectivity index (χ1v) is 11.9. The second kappa shape index (κ2) is 11.0. The van der Waals surface area contributed by atoms with E-state index in [1.165, 1.54) is 44.4 Å². The molecular weight excluding hydrogens is 456 g/mol. The highest BCUT2D eigenvalue weighted by Gasteiger charge is 2.29. The number of methoxy groups -OCH3 is 3. The minimum atomic E-state index is -4.05. The first kappa shape index (κ1) is 25.1. The minimum absolute atomic E-state index is 0.00193. The van der Waals surface area contributed by atoms with Crippen molar-refractivity contribution in [2.24, 2.45) is 0 Å². The van der Waals surface area contributed by atoms with E-state index in [-0.39, 0.29) is 23.7 Å². The fourth-order valence-electron chi connectivity index (χ4n) is 3.36. The Hall–Kier alpha value is -3.56. The number of sulfonamides is 1. The summed E-state index contributed by atoms with van der Waals surface area (Å²) in [6.45, 7) is -0.339. The molecule has 0 unspecified atom stereocenters. The van der Waals surface area contributed by atoms with Crippen molar-refractivity contribution in [3.8, 4) is 17.2 Å². The molecule has 34 heavy (non-hydrogen) atoms. The van der Waals surface area contributed by atoms with Crippen molar-refractivity contribution < 1.29 is 27.4 Å². The van der Waals surface area contributed by atoms with Crippen LogP contribution in [0.25, 0.3) is 0 Å². The van der Waals surface area contributed by atoms with Crippen LogP contribution in [0.4, 0.5) is 5.69 Å². The van der Waals surface area contributed by atoms with Crippen LogP contribution in [0.2, 0.25) is 0 Å². The Morgan fingerprint density at radius 2 is 1.53 bits per heavy atom. The second-order valence-electron chi connectivity index (χ2n) is 7.43. The SMILES string of the molecule is COc1cccc(N(C)C(=O)CN(Cc2ccccc2)S(=O)(=O)c2ccc(OC)c(OC)c2)c1. The minimum Gasteiger partial charge on any atom is -0.497 e. The van der Waals surface area contributed by atoms with Gasteiger partial charge in [0, 0.05) is 31.4 Å². The largest absolute Gasteiger partial charge is 0.497 e. The lowest BCUT2D eigenvalue weighted by atomic mass is 10.2. The molecule has 0 saturated heterocycles. The molecule has 3 rings (SSSR count). The van der Waals surface area contributed by atoms with E-state index in [0.717, 1.165) is 9.87 Å². The maximum atomic E-state index is 13.6. The summed E-state index contributed by atoms with van der Waals surface area (Å²) in [7, 11) is 1.99. The van der Waals surface area contributed by atoms with Gasteiger partial charge in [0.15, 0.2) is 11.5 Å². The summed E-state index contributed by atoms with van der Waals surface area (Å²) in [5.74, 6) is 0.887. The molecule has 1 amide bonds. The van der Waals surface area contributed by atoms with Gasteiger partial charge in [-0.2, -0.15) is 4.31 Å². The standard InChI is InChI=1S/C25H28N2O6S/c1-26(20-11-8-12-21(15-20)31-2)25(28)18-27(17-19-9-6-5-7-10-19)34(29,30)22-13-14-23(32-3)24(16-22)33-4/h5-16H,17-18H2,1-4H3. The molecule has 0 radical (unpaired) electrons. The van der Waals surface area contributed by atoms with E-state index in [0.29, 0.717) is 17.2 Å². The van der Waals surface area contributed by atoms with E-state index in [9.17, 15) is 13.2 Å². The molecule has 0 aliphatic carbocycles. The van der Waals surface area contributed by atoms with Gasteiger partial charge in [-0.25, -0.2) is 8.42 Å². The number of benzene rings is 3. The van der Waals surface area contributed by atoms with E-state index < -0.39 is 15.9 Å². The summed E-state index contributed by atoms with van der Waals surface area (Å²) in [4.78, 5) is 14.6. The number of carbonyl (C=O) groups excluding carboxylic acids is 1. The van der Waals surface area contributed by atoms with E-state index in [1.807, 2.05) is 30.3 Å². The molecule has 0 fully saturated rings. The first-order chi connectivity index (χ1) is 16.3. The summed E-state index contributed by atoms with van der Waals surface area (Å²) >= 11 is 0. The molecule has 180 valence electrons. The zero-order valence-corrected chi connectivity index (χ0v) is 20.4. The second-order valence-corrected chi connectivity index (χ2v) is 9.37. The third kappa shape index (κ3) is 5.67. The zero-order valence-electron chi connectivity index (χ0n) is 19.6. The Kier molecular flexibility index (Phi) is 8.14. The summed E-state index contributed by atoms with van der Waals surface area (Å²) in [6, 6.07) is 20.5. The molecule has 0 saturated carbocycles. The molecule has 8 nitrogen and oxygen atoms in total. The Morgan fingerprint density at radius 1 is 0.824 bits per heavy atom. The van der Waals surface area contributed by atoms with Gasteiger partial charge < -0.3 is 19.1 Å². The number of likely N-dealkylation sites (N-methyl/N-ethyl adjacent to an activating group) is 1. The molecular formula is C25H28N2O6S.